The second kappa shape index (κ2) is 8.33. The number of nitrogens with one attached hydrogen (secondary N) is 1. The Morgan fingerprint density at radius 3 is 2.48 bits per heavy atom. The van der Waals surface area contributed by atoms with Crippen LogP contribution in [-0.2, 0) is 11.2 Å². The first-order chi connectivity index (χ1) is 15.5. The topological polar surface area (TPSA) is 56.3 Å². The average molecular weight is 460 g/mol. The molecular weight excluding hydrogens is 436 g/mol. The minimum absolute atomic E-state index is 0.0419. The molecule has 0 spiro atoms. The Balaban J connectivity index is 1.94. The Kier molecular flexibility index (Phi) is 5.82. The highest BCUT2D eigenvalue weighted by atomic mass is 19.1. The Hall–Kier alpha value is -3.13. The lowest BCUT2D eigenvalue weighted by Gasteiger charge is -2.43. The van der Waals surface area contributed by atoms with Gasteiger partial charge >= 0.3 is 5.97 Å². The largest absolute Gasteiger partial charge is 0.478 e. The Bertz CT molecular complexity index is 1240. The first-order valence-corrected chi connectivity index (χ1v) is 10.6. The number of nitrogens with zero attached hydrogens (tertiary/aromatic N) is 1. The maximum Gasteiger partial charge on any atom is 0.328 e. The molecule has 1 aliphatic rings. The van der Waals surface area contributed by atoms with Gasteiger partial charge in [-0.3, -0.25) is 4.90 Å². The van der Waals surface area contributed by atoms with Crippen LogP contribution in [-0.4, -0.2) is 39.2 Å². The second-order valence-corrected chi connectivity index (χ2v) is 9.10. The van der Waals surface area contributed by atoms with Gasteiger partial charge < -0.3 is 10.1 Å². The van der Waals surface area contributed by atoms with Crippen molar-refractivity contribution in [2.24, 2.45) is 0 Å². The van der Waals surface area contributed by atoms with Gasteiger partial charge in [0.15, 0.2) is 0 Å². The van der Waals surface area contributed by atoms with E-state index in [0.29, 0.717) is 28.6 Å². The van der Waals surface area contributed by atoms with Crippen molar-refractivity contribution in [2.75, 3.05) is 6.54 Å². The van der Waals surface area contributed by atoms with Gasteiger partial charge in [-0.15, -0.1) is 0 Å². The first-order valence-electron chi connectivity index (χ1n) is 10.6. The van der Waals surface area contributed by atoms with Crippen molar-refractivity contribution in [1.82, 2.24) is 9.88 Å². The summed E-state index contributed by atoms with van der Waals surface area (Å²) in [5.41, 5.74) is -0.378. The Morgan fingerprint density at radius 2 is 1.88 bits per heavy atom. The van der Waals surface area contributed by atoms with Crippen molar-refractivity contribution in [3.05, 3.63) is 76.2 Å². The summed E-state index contributed by atoms with van der Waals surface area (Å²) >= 11 is 0. The van der Waals surface area contributed by atoms with E-state index in [1.807, 2.05) is 6.92 Å². The van der Waals surface area contributed by atoms with Crippen molar-refractivity contribution < 1.29 is 27.5 Å². The quantitative estimate of drug-likeness (QED) is 0.376. The molecule has 3 aromatic rings. The molecule has 1 aliphatic heterocycles. The molecule has 0 saturated heterocycles. The summed E-state index contributed by atoms with van der Waals surface area (Å²) in [6.07, 6.45) is 2.26. The second-order valence-electron chi connectivity index (χ2n) is 9.10. The molecule has 174 valence electrons. The molecular formula is C25H24F4N2O2. The van der Waals surface area contributed by atoms with E-state index >= 15 is 8.78 Å². The maximum atomic E-state index is 15.4. The predicted molar refractivity (Wildman–Crippen MR) is 118 cm³/mol. The number of benzene rings is 2. The van der Waals surface area contributed by atoms with E-state index in [-0.39, 0.29) is 23.7 Å². The van der Waals surface area contributed by atoms with Crippen molar-refractivity contribution in [1.29, 1.82) is 0 Å². The van der Waals surface area contributed by atoms with E-state index < -0.39 is 35.1 Å². The van der Waals surface area contributed by atoms with Crippen LogP contribution in [0.3, 0.4) is 0 Å². The summed E-state index contributed by atoms with van der Waals surface area (Å²) < 4.78 is 60.2. The monoisotopic (exact) mass is 460 g/mol. The number of carboxylic acid groups (broad SMARTS) is 1. The Morgan fingerprint density at radius 1 is 1.21 bits per heavy atom. The number of carboxylic acids is 1. The summed E-state index contributed by atoms with van der Waals surface area (Å²) in [7, 11) is 0. The first kappa shape index (κ1) is 23.0. The van der Waals surface area contributed by atoms with Crippen LogP contribution in [0.5, 0.6) is 0 Å². The molecule has 4 rings (SSSR count). The van der Waals surface area contributed by atoms with E-state index in [2.05, 4.69) is 4.98 Å². The van der Waals surface area contributed by atoms with Crippen LogP contribution in [0.25, 0.3) is 17.0 Å². The molecule has 2 atom stereocenters. The summed E-state index contributed by atoms with van der Waals surface area (Å²) in [5, 5.41) is 9.16. The lowest BCUT2D eigenvalue weighted by Crippen LogP contribution is -2.48. The molecule has 0 saturated carbocycles. The van der Waals surface area contributed by atoms with E-state index in [0.717, 1.165) is 24.3 Å². The summed E-state index contributed by atoms with van der Waals surface area (Å²) in [4.78, 5) is 15.6. The number of alkyl halides is 1. The normalized spacial score (nSPS) is 19.4. The standard InChI is InChI=1S/C25H24F4N2O2/c1-13-9-15-21-16(26)5-4-6-19(21)30-23(15)24(31(13)12-25(2,3)29)22-17(27)10-14(11-18(22)28)7-8-20(32)33/h4-8,10-11,13,24,30H,9,12H2,1-3H3,(H,32,33)/b8-7+/t13?,24-/m0/s1. The molecule has 33 heavy (non-hydrogen) atoms. The van der Waals surface area contributed by atoms with Crippen LogP contribution < -0.4 is 0 Å². The number of hydrogen-bond donors (Lipinski definition) is 2. The minimum atomic E-state index is -1.65. The summed E-state index contributed by atoms with van der Waals surface area (Å²) in [6.45, 7) is 4.50. The lowest BCUT2D eigenvalue weighted by atomic mass is 9.86. The highest BCUT2D eigenvalue weighted by molar-refractivity contribution is 5.86. The molecule has 2 aromatic carbocycles. The van der Waals surface area contributed by atoms with Crippen LogP contribution >= 0.6 is 0 Å². The highest BCUT2D eigenvalue weighted by Crippen LogP contribution is 2.43. The van der Waals surface area contributed by atoms with E-state index in [9.17, 15) is 13.6 Å². The number of rotatable bonds is 5. The number of halogens is 4. The fraction of sp³-hybridized carbons (Fsp3) is 0.320. The molecule has 0 fully saturated rings. The van der Waals surface area contributed by atoms with E-state index in [4.69, 9.17) is 5.11 Å². The van der Waals surface area contributed by atoms with E-state index in [1.165, 1.54) is 19.9 Å². The van der Waals surface area contributed by atoms with Crippen molar-refractivity contribution >= 4 is 22.9 Å². The zero-order chi connectivity index (χ0) is 24.1. The van der Waals surface area contributed by atoms with Crippen molar-refractivity contribution in [2.45, 2.75) is 44.9 Å². The number of aliphatic carboxylic acids is 1. The van der Waals surface area contributed by atoms with Gasteiger partial charge in [0.25, 0.3) is 0 Å². The van der Waals surface area contributed by atoms with Crippen LogP contribution in [0.2, 0.25) is 0 Å². The summed E-state index contributed by atoms with van der Waals surface area (Å²) in [5.74, 6) is -3.48. The van der Waals surface area contributed by atoms with Crippen molar-refractivity contribution in [3.8, 4) is 0 Å². The zero-order valence-corrected chi connectivity index (χ0v) is 18.4. The molecule has 1 unspecified atom stereocenters. The molecule has 0 radical (unpaired) electrons. The zero-order valence-electron chi connectivity index (χ0n) is 18.4. The Labute approximate surface area is 188 Å². The number of aromatic nitrogens is 1. The SMILES string of the molecule is CC1Cc2c([nH]c3cccc(F)c23)[C@H](c2c(F)cc(/C=C/C(=O)O)cc2F)N1CC(C)(C)F. The van der Waals surface area contributed by atoms with Gasteiger partial charge in [0.05, 0.1) is 6.04 Å². The van der Waals surface area contributed by atoms with Crippen LogP contribution in [0.4, 0.5) is 17.6 Å². The van der Waals surface area contributed by atoms with E-state index in [1.54, 1.807) is 17.0 Å². The van der Waals surface area contributed by atoms with Gasteiger partial charge in [0, 0.05) is 40.8 Å². The lowest BCUT2D eigenvalue weighted by molar-refractivity contribution is -0.131. The minimum Gasteiger partial charge on any atom is -0.478 e. The third-order valence-electron chi connectivity index (χ3n) is 5.93. The smallest absolute Gasteiger partial charge is 0.328 e. The number of H-pyrrole nitrogens is 1. The fourth-order valence-corrected chi connectivity index (χ4v) is 4.69. The van der Waals surface area contributed by atoms with Gasteiger partial charge in [-0.2, -0.15) is 0 Å². The molecule has 4 nitrogen and oxygen atoms in total. The third-order valence-corrected chi connectivity index (χ3v) is 5.93. The molecule has 0 bridgehead atoms. The molecule has 2 N–H and O–H groups in total. The predicted octanol–water partition coefficient (Wildman–Crippen LogP) is 5.77. The number of aromatic amines is 1. The molecule has 2 heterocycles. The third kappa shape index (κ3) is 4.39. The number of fused-ring (bicyclic) bond motifs is 3. The average Bonchev–Trinajstić information content (AvgIpc) is 3.06. The molecule has 8 heteroatoms. The molecule has 1 aromatic heterocycles. The summed E-state index contributed by atoms with van der Waals surface area (Å²) in [6, 6.07) is 5.29. The number of carbonyl (C=O) groups is 1. The van der Waals surface area contributed by atoms with Gasteiger partial charge in [-0.1, -0.05) is 6.07 Å². The van der Waals surface area contributed by atoms with Gasteiger partial charge in [0.2, 0.25) is 0 Å². The number of hydrogen-bond acceptors (Lipinski definition) is 2. The van der Waals surface area contributed by atoms with Crippen molar-refractivity contribution in [3.63, 3.8) is 0 Å². The van der Waals surface area contributed by atoms with Gasteiger partial charge in [0.1, 0.15) is 23.1 Å². The molecule has 0 amide bonds. The van der Waals surface area contributed by atoms with Gasteiger partial charge in [-0.05, 0) is 68.7 Å². The van der Waals surface area contributed by atoms with Crippen LogP contribution in [0, 0.1) is 17.5 Å². The van der Waals surface area contributed by atoms with Crippen LogP contribution in [0.15, 0.2) is 36.4 Å². The maximum absolute atomic E-state index is 15.4. The molecule has 0 aliphatic carbocycles. The highest BCUT2D eigenvalue weighted by Gasteiger charge is 2.41. The van der Waals surface area contributed by atoms with Crippen LogP contribution in [0.1, 0.15) is 49.2 Å². The fourth-order valence-electron chi connectivity index (χ4n) is 4.69. The van der Waals surface area contributed by atoms with Gasteiger partial charge in [-0.25, -0.2) is 22.4 Å².